The van der Waals surface area contributed by atoms with Crippen molar-refractivity contribution in [2.45, 2.75) is 6.92 Å². The highest BCUT2D eigenvalue weighted by atomic mass is 32.2. The Morgan fingerprint density at radius 2 is 1.86 bits per heavy atom. The number of hydrogen-bond donors (Lipinski definition) is 1. The van der Waals surface area contributed by atoms with Crippen LogP contribution in [0.3, 0.4) is 0 Å². The van der Waals surface area contributed by atoms with E-state index in [9.17, 15) is 13.2 Å². The van der Waals surface area contributed by atoms with Crippen LogP contribution in [0.1, 0.15) is 5.56 Å². The van der Waals surface area contributed by atoms with Gasteiger partial charge in [0.15, 0.2) is 0 Å². The van der Waals surface area contributed by atoms with E-state index in [1.165, 1.54) is 4.31 Å². The van der Waals surface area contributed by atoms with Gasteiger partial charge in [-0.2, -0.15) is 12.7 Å². The second kappa shape index (κ2) is 6.42. The lowest BCUT2D eigenvalue weighted by Gasteiger charge is -2.32. The van der Waals surface area contributed by atoms with Crippen molar-refractivity contribution in [3.05, 3.63) is 29.8 Å². The van der Waals surface area contributed by atoms with Crippen molar-refractivity contribution in [1.29, 1.82) is 0 Å². The van der Waals surface area contributed by atoms with E-state index >= 15 is 0 Å². The number of carbonyl (C=O) groups is 1. The molecular formula is C13H18N2O5S. The number of carboxylic acids is 1. The SMILES string of the molecule is Cc1ccc(N(CC(=O)O)S(=O)(=O)N2CCOCC2)cc1. The lowest BCUT2D eigenvalue weighted by molar-refractivity contribution is -0.135. The van der Waals surface area contributed by atoms with E-state index < -0.39 is 22.7 Å². The molecule has 0 spiro atoms. The molecule has 0 aromatic heterocycles. The zero-order valence-electron chi connectivity index (χ0n) is 11.7. The minimum absolute atomic E-state index is 0.227. The van der Waals surface area contributed by atoms with Crippen LogP contribution in [0.25, 0.3) is 0 Å². The van der Waals surface area contributed by atoms with E-state index in [-0.39, 0.29) is 13.1 Å². The number of aryl methyl sites for hydroxylation is 1. The van der Waals surface area contributed by atoms with Crippen LogP contribution >= 0.6 is 0 Å². The number of aliphatic carboxylic acids is 1. The van der Waals surface area contributed by atoms with Crippen LogP contribution < -0.4 is 4.31 Å². The Kier molecular flexibility index (Phi) is 4.81. The maximum atomic E-state index is 12.6. The van der Waals surface area contributed by atoms with Gasteiger partial charge >= 0.3 is 16.2 Å². The van der Waals surface area contributed by atoms with Crippen molar-refractivity contribution in [2.75, 3.05) is 37.2 Å². The van der Waals surface area contributed by atoms with Gasteiger partial charge in [-0.05, 0) is 19.1 Å². The molecule has 1 aliphatic rings. The molecule has 1 saturated heterocycles. The molecule has 1 aliphatic heterocycles. The molecule has 2 rings (SSSR count). The van der Waals surface area contributed by atoms with Crippen LogP contribution in [0.15, 0.2) is 24.3 Å². The molecule has 1 fully saturated rings. The van der Waals surface area contributed by atoms with E-state index in [1.54, 1.807) is 24.3 Å². The Bertz CT molecular complexity index is 593. The van der Waals surface area contributed by atoms with Gasteiger partial charge in [-0.3, -0.25) is 4.79 Å². The van der Waals surface area contributed by atoms with E-state index in [1.807, 2.05) is 6.92 Å². The lowest BCUT2D eigenvalue weighted by Crippen LogP contribution is -2.50. The first kappa shape index (κ1) is 15.7. The number of anilines is 1. The molecule has 1 heterocycles. The fourth-order valence-corrected chi connectivity index (χ4v) is 3.61. The molecule has 0 aliphatic carbocycles. The van der Waals surface area contributed by atoms with Gasteiger partial charge in [0.2, 0.25) is 0 Å². The van der Waals surface area contributed by atoms with Gasteiger partial charge < -0.3 is 9.84 Å². The van der Waals surface area contributed by atoms with Crippen molar-refractivity contribution >= 4 is 21.9 Å². The van der Waals surface area contributed by atoms with Gasteiger partial charge in [-0.15, -0.1) is 0 Å². The highest BCUT2D eigenvalue weighted by Crippen LogP contribution is 2.21. The Labute approximate surface area is 123 Å². The second-order valence-corrected chi connectivity index (χ2v) is 6.61. The van der Waals surface area contributed by atoms with Gasteiger partial charge in [0.25, 0.3) is 0 Å². The van der Waals surface area contributed by atoms with Crippen LogP contribution in [0, 0.1) is 6.92 Å². The Hall–Kier alpha value is -1.64. The van der Waals surface area contributed by atoms with E-state index in [0.717, 1.165) is 9.87 Å². The molecule has 0 unspecified atom stereocenters. The predicted molar refractivity (Wildman–Crippen MR) is 77.5 cm³/mol. The molecule has 0 radical (unpaired) electrons. The first-order valence-corrected chi connectivity index (χ1v) is 7.95. The van der Waals surface area contributed by atoms with Crippen LogP contribution in [0.5, 0.6) is 0 Å². The maximum Gasteiger partial charge on any atom is 0.324 e. The third-order valence-electron chi connectivity index (χ3n) is 3.18. The number of carboxylic acid groups (broad SMARTS) is 1. The first-order valence-electron chi connectivity index (χ1n) is 6.55. The molecule has 7 nitrogen and oxygen atoms in total. The first-order chi connectivity index (χ1) is 9.91. The summed E-state index contributed by atoms with van der Waals surface area (Å²) in [7, 11) is -3.88. The molecule has 1 aromatic rings. The van der Waals surface area contributed by atoms with Gasteiger partial charge in [-0.25, -0.2) is 4.31 Å². The summed E-state index contributed by atoms with van der Waals surface area (Å²) in [5.74, 6) is -1.20. The number of ether oxygens (including phenoxy) is 1. The summed E-state index contributed by atoms with van der Waals surface area (Å²) < 4.78 is 32.6. The zero-order valence-corrected chi connectivity index (χ0v) is 12.5. The molecule has 1 N–H and O–H groups in total. The molecule has 0 amide bonds. The molecule has 8 heteroatoms. The quantitative estimate of drug-likeness (QED) is 0.853. The largest absolute Gasteiger partial charge is 0.480 e. The summed E-state index contributed by atoms with van der Waals surface area (Å²) in [6.07, 6.45) is 0. The summed E-state index contributed by atoms with van der Waals surface area (Å²) >= 11 is 0. The zero-order chi connectivity index (χ0) is 15.5. The van der Waals surface area contributed by atoms with E-state index in [4.69, 9.17) is 9.84 Å². The smallest absolute Gasteiger partial charge is 0.324 e. The number of morpholine rings is 1. The number of benzene rings is 1. The molecule has 1 aromatic carbocycles. The van der Waals surface area contributed by atoms with Gasteiger partial charge in [0, 0.05) is 13.1 Å². The van der Waals surface area contributed by atoms with Crippen LogP contribution in [0.4, 0.5) is 5.69 Å². The van der Waals surface area contributed by atoms with Crippen molar-refractivity contribution in [3.8, 4) is 0 Å². The van der Waals surface area contributed by atoms with Crippen molar-refractivity contribution < 1.29 is 23.1 Å². The van der Waals surface area contributed by atoms with Gasteiger partial charge in [-0.1, -0.05) is 17.7 Å². The Balaban J connectivity index is 2.34. The van der Waals surface area contributed by atoms with Crippen molar-refractivity contribution in [2.24, 2.45) is 0 Å². The standard InChI is InChI=1S/C13H18N2O5S/c1-11-2-4-12(5-3-11)15(10-13(16)17)21(18,19)14-6-8-20-9-7-14/h2-5H,6-10H2,1H3,(H,16,17). The van der Waals surface area contributed by atoms with Crippen molar-refractivity contribution in [1.82, 2.24) is 4.31 Å². The van der Waals surface area contributed by atoms with Gasteiger partial charge in [0.1, 0.15) is 6.54 Å². The molecule has 0 atom stereocenters. The van der Waals surface area contributed by atoms with E-state index in [0.29, 0.717) is 18.9 Å². The summed E-state index contributed by atoms with van der Waals surface area (Å²) in [6, 6.07) is 6.71. The molecular weight excluding hydrogens is 296 g/mol. The summed E-state index contributed by atoms with van der Waals surface area (Å²) in [6.45, 7) is 2.35. The molecule has 0 saturated carbocycles. The predicted octanol–water partition coefficient (Wildman–Crippen LogP) is 0.463. The van der Waals surface area contributed by atoms with Crippen LogP contribution in [-0.2, 0) is 19.7 Å². The number of nitrogens with zero attached hydrogens (tertiary/aromatic N) is 2. The van der Waals surface area contributed by atoms with Crippen LogP contribution in [-0.4, -0.2) is 56.6 Å². The normalized spacial score (nSPS) is 16.6. The fraction of sp³-hybridized carbons (Fsp3) is 0.462. The average Bonchev–Trinajstić information content (AvgIpc) is 2.46. The third kappa shape index (κ3) is 3.72. The third-order valence-corrected chi connectivity index (χ3v) is 5.09. The monoisotopic (exact) mass is 314 g/mol. The van der Waals surface area contributed by atoms with Gasteiger partial charge in [0.05, 0.1) is 18.9 Å². The van der Waals surface area contributed by atoms with Crippen molar-refractivity contribution in [3.63, 3.8) is 0 Å². The molecule has 116 valence electrons. The minimum atomic E-state index is -3.88. The lowest BCUT2D eigenvalue weighted by atomic mass is 10.2. The summed E-state index contributed by atoms with van der Waals surface area (Å²) in [5, 5.41) is 9.01. The summed E-state index contributed by atoms with van der Waals surface area (Å²) in [4.78, 5) is 11.0. The van der Waals surface area contributed by atoms with E-state index in [2.05, 4.69) is 0 Å². The summed E-state index contributed by atoms with van der Waals surface area (Å²) in [5.41, 5.74) is 1.31. The number of hydrogen-bond acceptors (Lipinski definition) is 4. The van der Waals surface area contributed by atoms with Crippen LogP contribution in [0.2, 0.25) is 0 Å². The highest BCUT2D eigenvalue weighted by molar-refractivity contribution is 7.90. The second-order valence-electron chi connectivity index (χ2n) is 4.76. The molecule has 0 bridgehead atoms. The fourth-order valence-electron chi connectivity index (χ4n) is 2.06. The maximum absolute atomic E-state index is 12.6. The minimum Gasteiger partial charge on any atom is -0.480 e. The average molecular weight is 314 g/mol. The Morgan fingerprint density at radius 1 is 1.29 bits per heavy atom. The molecule has 21 heavy (non-hydrogen) atoms. The number of rotatable bonds is 5. The topological polar surface area (TPSA) is 87.2 Å². The highest BCUT2D eigenvalue weighted by Gasteiger charge is 2.32. The Morgan fingerprint density at radius 3 is 2.38 bits per heavy atom.